The fourth-order valence-electron chi connectivity index (χ4n) is 3.89. The summed E-state index contributed by atoms with van der Waals surface area (Å²) >= 11 is 0. The molecule has 0 aromatic carbocycles. The maximum atomic E-state index is 12.4. The van der Waals surface area contributed by atoms with Crippen LogP contribution in [0.15, 0.2) is 37.1 Å². The van der Waals surface area contributed by atoms with Crippen molar-refractivity contribution in [3.63, 3.8) is 0 Å². The van der Waals surface area contributed by atoms with E-state index in [0.717, 1.165) is 42.7 Å². The van der Waals surface area contributed by atoms with Crippen LogP contribution in [0.2, 0.25) is 0 Å². The van der Waals surface area contributed by atoms with Gasteiger partial charge in [0.15, 0.2) is 5.65 Å². The van der Waals surface area contributed by atoms with Crippen LogP contribution in [0.25, 0.3) is 11.0 Å². The lowest BCUT2D eigenvalue weighted by molar-refractivity contribution is -0.133. The summed E-state index contributed by atoms with van der Waals surface area (Å²) in [5.41, 5.74) is 3.27. The fourth-order valence-corrected chi connectivity index (χ4v) is 3.89. The number of likely N-dealkylation sites (tertiary alicyclic amines) is 1. The van der Waals surface area contributed by atoms with E-state index in [1.807, 2.05) is 11.1 Å². The highest BCUT2D eigenvalue weighted by Crippen LogP contribution is 2.40. The number of piperidine rings is 1. The molecule has 4 heterocycles. The van der Waals surface area contributed by atoms with Crippen LogP contribution in [0, 0.1) is 0 Å². The first-order valence-electron chi connectivity index (χ1n) is 9.63. The highest BCUT2D eigenvalue weighted by atomic mass is 16.2. The van der Waals surface area contributed by atoms with Crippen molar-refractivity contribution in [2.24, 2.45) is 0 Å². The number of hydrogen-bond donors (Lipinski definition) is 0. The van der Waals surface area contributed by atoms with Gasteiger partial charge in [-0.05, 0) is 55.4 Å². The van der Waals surface area contributed by atoms with Gasteiger partial charge in [0.1, 0.15) is 19.2 Å². The van der Waals surface area contributed by atoms with E-state index in [1.165, 1.54) is 24.7 Å². The van der Waals surface area contributed by atoms with Gasteiger partial charge in [0.2, 0.25) is 5.91 Å². The number of carbonyl (C=O) groups is 1. The second-order valence-electron chi connectivity index (χ2n) is 7.57. The van der Waals surface area contributed by atoms with Crippen LogP contribution >= 0.6 is 0 Å². The van der Waals surface area contributed by atoms with E-state index in [1.54, 1.807) is 11.0 Å². The Labute approximate surface area is 157 Å². The van der Waals surface area contributed by atoms with Crippen molar-refractivity contribution >= 4 is 16.9 Å². The maximum absolute atomic E-state index is 12.4. The molecule has 2 aliphatic rings. The third-order valence-electron chi connectivity index (χ3n) is 5.66. The SMILES string of the molecule is O=C(Cn1cncn1)N1CCC(c2ccc3cc(C4CC4)cnc3n2)CC1. The Kier molecular flexibility index (Phi) is 4.07. The number of rotatable bonds is 4. The van der Waals surface area contributed by atoms with E-state index in [4.69, 9.17) is 4.98 Å². The molecule has 5 rings (SSSR count). The first kappa shape index (κ1) is 16.4. The summed E-state index contributed by atoms with van der Waals surface area (Å²) in [6, 6.07) is 6.53. The minimum absolute atomic E-state index is 0.0969. The fraction of sp³-hybridized carbons (Fsp3) is 0.450. The van der Waals surface area contributed by atoms with E-state index >= 15 is 0 Å². The Hall–Kier alpha value is -2.83. The van der Waals surface area contributed by atoms with Crippen molar-refractivity contribution < 1.29 is 4.79 Å². The van der Waals surface area contributed by atoms with Crippen LogP contribution in [0.3, 0.4) is 0 Å². The zero-order valence-electron chi connectivity index (χ0n) is 15.2. The average molecular weight is 362 g/mol. The Morgan fingerprint density at radius 2 is 1.96 bits per heavy atom. The van der Waals surface area contributed by atoms with E-state index in [9.17, 15) is 4.79 Å². The summed E-state index contributed by atoms with van der Waals surface area (Å²) in [7, 11) is 0. The third-order valence-corrected chi connectivity index (χ3v) is 5.66. The van der Waals surface area contributed by atoms with E-state index in [0.29, 0.717) is 11.8 Å². The molecule has 1 saturated carbocycles. The molecule has 27 heavy (non-hydrogen) atoms. The Morgan fingerprint density at radius 1 is 1.11 bits per heavy atom. The van der Waals surface area contributed by atoms with Crippen LogP contribution in [-0.4, -0.2) is 48.6 Å². The first-order chi connectivity index (χ1) is 13.3. The largest absolute Gasteiger partial charge is 0.341 e. The highest BCUT2D eigenvalue weighted by molar-refractivity contribution is 5.76. The lowest BCUT2D eigenvalue weighted by Crippen LogP contribution is -2.40. The predicted octanol–water partition coefficient (Wildman–Crippen LogP) is 2.50. The molecular formula is C20H22N6O. The van der Waals surface area contributed by atoms with Crippen molar-refractivity contribution in [2.75, 3.05) is 13.1 Å². The van der Waals surface area contributed by atoms with Crippen molar-refractivity contribution in [2.45, 2.75) is 44.1 Å². The van der Waals surface area contributed by atoms with Crippen molar-refractivity contribution in [1.82, 2.24) is 29.6 Å². The predicted molar refractivity (Wildman–Crippen MR) is 100 cm³/mol. The zero-order chi connectivity index (χ0) is 18.2. The lowest BCUT2D eigenvalue weighted by Gasteiger charge is -2.31. The van der Waals surface area contributed by atoms with Gasteiger partial charge in [0, 0.05) is 36.3 Å². The number of carbonyl (C=O) groups excluding carboxylic acids is 1. The molecule has 3 aromatic heterocycles. The molecule has 1 aliphatic carbocycles. The van der Waals surface area contributed by atoms with Crippen molar-refractivity contribution in [3.05, 3.63) is 48.3 Å². The Morgan fingerprint density at radius 3 is 2.70 bits per heavy atom. The van der Waals surface area contributed by atoms with Crippen LogP contribution in [0.5, 0.6) is 0 Å². The molecule has 0 N–H and O–H groups in total. The molecular weight excluding hydrogens is 340 g/mol. The van der Waals surface area contributed by atoms with Gasteiger partial charge in [0.25, 0.3) is 0 Å². The second kappa shape index (κ2) is 6.72. The van der Waals surface area contributed by atoms with Crippen molar-refractivity contribution in [3.8, 4) is 0 Å². The van der Waals surface area contributed by atoms with Gasteiger partial charge in [-0.25, -0.2) is 19.6 Å². The van der Waals surface area contributed by atoms with Gasteiger partial charge in [-0.15, -0.1) is 0 Å². The summed E-state index contributed by atoms with van der Waals surface area (Å²) in [5.74, 6) is 1.19. The summed E-state index contributed by atoms with van der Waals surface area (Å²) < 4.78 is 1.57. The molecule has 7 nitrogen and oxygen atoms in total. The Bertz CT molecular complexity index is 958. The van der Waals surface area contributed by atoms with Crippen molar-refractivity contribution in [1.29, 1.82) is 0 Å². The molecule has 3 aromatic rings. The number of aromatic nitrogens is 5. The maximum Gasteiger partial charge on any atom is 0.244 e. The molecule has 1 amide bonds. The smallest absolute Gasteiger partial charge is 0.244 e. The average Bonchev–Trinajstić information content (AvgIpc) is 3.44. The molecule has 1 aliphatic heterocycles. The van der Waals surface area contributed by atoms with E-state index in [2.05, 4.69) is 33.3 Å². The normalized spacial score (nSPS) is 18.1. The molecule has 138 valence electrons. The minimum Gasteiger partial charge on any atom is -0.341 e. The topological polar surface area (TPSA) is 76.8 Å². The molecule has 7 heteroatoms. The summed E-state index contributed by atoms with van der Waals surface area (Å²) in [6.07, 6.45) is 9.45. The molecule has 0 radical (unpaired) electrons. The van der Waals surface area contributed by atoms with Gasteiger partial charge in [-0.1, -0.05) is 0 Å². The summed E-state index contributed by atoms with van der Waals surface area (Å²) in [5, 5.41) is 5.13. The standard InChI is InChI=1S/C20H22N6O/c27-19(11-26-13-21-12-23-26)25-7-5-15(6-8-25)18-4-3-16-9-17(14-1-2-14)10-22-20(16)24-18/h3-4,9-10,12-15H,1-2,5-8,11H2. The van der Waals surface area contributed by atoms with Gasteiger partial charge < -0.3 is 4.90 Å². The monoisotopic (exact) mass is 362 g/mol. The Balaban J connectivity index is 1.25. The molecule has 1 saturated heterocycles. The van der Waals surface area contributed by atoms with E-state index in [-0.39, 0.29) is 12.5 Å². The number of nitrogens with zero attached hydrogens (tertiary/aromatic N) is 6. The first-order valence-corrected chi connectivity index (χ1v) is 9.63. The number of fused-ring (bicyclic) bond motifs is 1. The lowest BCUT2D eigenvalue weighted by atomic mass is 9.92. The van der Waals surface area contributed by atoms with Gasteiger partial charge >= 0.3 is 0 Å². The number of hydrogen-bond acceptors (Lipinski definition) is 5. The molecule has 2 fully saturated rings. The third kappa shape index (κ3) is 3.41. The van der Waals surface area contributed by atoms with Crippen LogP contribution < -0.4 is 0 Å². The van der Waals surface area contributed by atoms with Crippen LogP contribution in [-0.2, 0) is 11.3 Å². The second-order valence-corrected chi connectivity index (χ2v) is 7.57. The number of amides is 1. The quantitative estimate of drug-likeness (QED) is 0.713. The van der Waals surface area contributed by atoms with Gasteiger partial charge in [0.05, 0.1) is 0 Å². The molecule has 0 spiro atoms. The highest BCUT2D eigenvalue weighted by Gasteiger charge is 2.26. The minimum atomic E-state index is 0.0969. The van der Waals surface area contributed by atoms with Gasteiger partial charge in [-0.2, -0.15) is 5.10 Å². The van der Waals surface area contributed by atoms with Crippen LogP contribution in [0.4, 0.5) is 0 Å². The molecule has 0 bridgehead atoms. The summed E-state index contributed by atoms with van der Waals surface area (Å²) in [4.78, 5) is 27.6. The summed E-state index contributed by atoms with van der Waals surface area (Å²) in [6.45, 7) is 1.77. The van der Waals surface area contributed by atoms with E-state index < -0.39 is 0 Å². The zero-order valence-corrected chi connectivity index (χ0v) is 15.2. The van der Waals surface area contributed by atoms with Gasteiger partial charge in [-0.3, -0.25) is 4.79 Å². The van der Waals surface area contributed by atoms with Crippen LogP contribution in [0.1, 0.15) is 48.8 Å². The molecule has 0 atom stereocenters. The molecule has 0 unspecified atom stereocenters. The number of pyridine rings is 2.